The van der Waals surface area contributed by atoms with E-state index >= 15 is 0 Å². The quantitative estimate of drug-likeness (QED) is 0.269. The van der Waals surface area contributed by atoms with Crippen molar-refractivity contribution in [2.24, 2.45) is 12.1 Å². The fourth-order valence-electron chi connectivity index (χ4n) is 3.42. The van der Waals surface area contributed by atoms with Gasteiger partial charge < -0.3 is 10.2 Å². The maximum Gasteiger partial charge on any atom is 0.329 e. The summed E-state index contributed by atoms with van der Waals surface area (Å²) >= 11 is 0. The number of H-pyrrole nitrogens is 1. The fourth-order valence-corrected chi connectivity index (χ4v) is 3.42. The Morgan fingerprint density at radius 2 is 1.84 bits per heavy atom. The van der Waals surface area contributed by atoms with E-state index in [-0.39, 0.29) is 29.4 Å². The Bertz CT molecular complexity index is 1420. The highest BCUT2D eigenvalue weighted by Crippen LogP contribution is 2.22. The predicted molar refractivity (Wildman–Crippen MR) is 121 cm³/mol. The summed E-state index contributed by atoms with van der Waals surface area (Å²) in [5.74, 6) is 0.235. The van der Waals surface area contributed by atoms with Gasteiger partial charge in [0, 0.05) is 12.6 Å². The third kappa shape index (κ3) is 3.91. The number of hydrazone groups is 1. The Hall–Kier alpha value is -4.18. The number of imidazole rings is 1. The zero-order chi connectivity index (χ0) is 22.8. The van der Waals surface area contributed by atoms with E-state index in [9.17, 15) is 19.8 Å². The number of aromatic hydroxyl groups is 1. The first-order valence-electron chi connectivity index (χ1n) is 9.88. The number of phenolic OH excluding ortho intramolecular Hbond substituents is 1. The zero-order valence-corrected chi connectivity index (χ0v) is 17.5. The van der Waals surface area contributed by atoms with Crippen LogP contribution in [0.2, 0.25) is 0 Å². The predicted octanol–water partition coefficient (Wildman–Crippen LogP) is 1.70. The van der Waals surface area contributed by atoms with Gasteiger partial charge in [0.25, 0.3) is 5.56 Å². The number of para-hydroxylation sites is 1. The number of aromatic nitrogens is 4. The van der Waals surface area contributed by atoms with Crippen molar-refractivity contribution in [3.8, 4) is 5.75 Å². The topological polar surface area (TPSA) is 138 Å². The van der Waals surface area contributed by atoms with E-state index in [1.807, 2.05) is 6.07 Å². The molecule has 0 saturated heterocycles. The lowest BCUT2D eigenvalue weighted by molar-refractivity contribution is 0.158. The van der Waals surface area contributed by atoms with Crippen LogP contribution in [-0.2, 0) is 13.6 Å². The van der Waals surface area contributed by atoms with Crippen LogP contribution in [0.25, 0.3) is 11.2 Å². The summed E-state index contributed by atoms with van der Waals surface area (Å²) in [4.78, 5) is 31.3. The number of phenols is 1. The highest BCUT2D eigenvalue weighted by Gasteiger charge is 2.20. The molecule has 0 unspecified atom stereocenters. The molecule has 164 valence electrons. The van der Waals surface area contributed by atoms with Crippen LogP contribution in [0.4, 0.5) is 5.95 Å². The molecule has 0 spiro atoms. The molecule has 0 amide bonds. The van der Waals surface area contributed by atoms with E-state index in [0.717, 1.165) is 0 Å². The number of hydrogen-bond acceptors (Lipinski definition) is 7. The van der Waals surface area contributed by atoms with Crippen LogP contribution >= 0.6 is 0 Å². The summed E-state index contributed by atoms with van der Waals surface area (Å²) in [6.45, 7) is 1.70. The van der Waals surface area contributed by atoms with E-state index < -0.39 is 17.4 Å². The Labute approximate surface area is 182 Å². The Kier molecular flexibility index (Phi) is 5.61. The lowest BCUT2D eigenvalue weighted by Gasteiger charge is -2.14. The molecule has 0 radical (unpaired) electrons. The van der Waals surface area contributed by atoms with Gasteiger partial charge in [-0.05, 0) is 24.6 Å². The molecule has 0 aliphatic heterocycles. The van der Waals surface area contributed by atoms with Crippen molar-refractivity contribution >= 4 is 22.8 Å². The van der Waals surface area contributed by atoms with Gasteiger partial charge in [0.15, 0.2) is 11.2 Å². The van der Waals surface area contributed by atoms with Gasteiger partial charge in [0.2, 0.25) is 5.95 Å². The van der Waals surface area contributed by atoms with Crippen LogP contribution in [0.1, 0.15) is 24.2 Å². The second kappa shape index (κ2) is 8.52. The second-order valence-electron chi connectivity index (χ2n) is 7.29. The number of nitrogens with one attached hydrogen (secondary N) is 2. The number of aliphatic hydroxyl groups excluding tert-OH is 1. The van der Waals surface area contributed by atoms with Crippen molar-refractivity contribution in [3.63, 3.8) is 0 Å². The van der Waals surface area contributed by atoms with Gasteiger partial charge >= 0.3 is 5.69 Å². The van der Waals surface area contributed by atoms with E-state index in [0.29, 0.717) is 16.8 Å². The van der Waals surface area contributed by atoms with E-state index in [4.69, 9.17) is 0 Å². The number of aryl methyl sites for hydroxylation is 1. The average Bonchev–Trinajstić information content (AvgIpc) is 3.15. The molecular formula is C22H22N6O4. The molecule has 0 fully saturated rings. The van der Waals surface area contributed by atoms with Crippen molar-refractivity contribution < 1.29 is 10.2 Å². The summed E-state index contributed by atoms with van der Waals surface area (Å²) in [5, 5.41) is 25.1. The highest BCUT2D eigenvalue weighted by atomic mass is 16.3. The number of fused-ring (bicyclic) bond motifs is 1. The van der Waals surface area contributed by atoms with Crippen LogP contribution in [0, 0.1) is 0 Å². The van der Waals surface area contributed by atoms with Gasteiger partial charge in [-0.25, -0.2) is 10.2 Å². The van der Waals surface area contributed by atoms with E-state index in [2.05, 4.69) is 20.5 Å². The highest BCUT2D eigenvalue weighted by molar-refractivity contribution is 6.01. The SMILES string of the molecule is C/C(=N/Nc1nc2c(c(=O)[nH]c(=O)n2C)n1C[C@H](O)c1ccccc1)c1ccccc1O. The number of anilines is 1. The van der Waals surface area contributed by atoms with Gasteiger partial charge in [0.1, 0.15) is 5.75 Å². The molecule has 10 heteroatoms. The van der Waals surface area contributed by atoms with Crippen LogP contribution < -0.4 is 16.7 Å². The molecule has 0 aliphatic carbocycles. The lowest BCUT2D eigenvalue weighted by Crippen LogP contribution is -2.29. The van der Waals surface area contributed by atoms with E-state index in [1.165, 1.54) is 16.2 Å². The number of aliphatic hydroxyl groups is 1. The molecular weight excluding hydrogens is 412 g/mol. The number of hydrogen-bond donors (Lipinski definition) is 4. The van der Waals surface area contributed by atoms with Gasteiger partial charge in [-0.1, -0.05) is 42.5 Å². The Balaban J connectivity index is 1.80. The number of nitrogens with zero attached hydrogens (tertiary/aromatic N) is 4. The first-order chi connectivity index (χ1) is 15.4. The van der Waals surface area contributed by atoms with Crippen molar-refractivity contribution in [2.45, 2.75) is 19.6 Å². The first kappa shape index (κ1) is 21.1. The van der Waals surface area contributed by atoms with E-state index in [1.54, 1.807) is 55.5 Å². The van der Waals surface area contributed by atoms with Crippen molar-refractivity contribution in [1.82, 2.24) is 19.1 Å². The third-order valence-electron chi connectivity index (χ3n) is 5.16. The molecule has 10 nitrogen and oxygen atoms in total. The van der Waals surface area contributed by atoms with Crippen LogP contribution in [0.15, 0.2) is 69.3 Å². The molecule has 2 aromatic carbocycles. The lowest BCUT2D eigenvalue weighted by atomic mass is 10.1. The first-order valence-corrected chi connectivity index (χ1v) is 9.88. The summed E-state index contributed by atoms with van der Waals surface area (Å²) in [7, 11) is 1.49. The van der Waals surface area contributed by atoms with Crippen LogP contribution in [-0.4, -0.2) is 35.0 Å². The Morgan fingerprint density at radius 1 is 1.16 bits per heavy atom. The minimum Gasteiger partial charge on any atom is -0.507 e. The molecule has 32 heavy (non-hydrogen) atoms. The summed E-state index contributed by atoms with van der Waals surface area (Å²) in [6.07, 6.45) is -0.936. The summed E-state index contributed by atoms with van der Waals surface area (Å²) in [6, 6.07) is 15.7. The molecule has 0 aliphatic rings. The smallest absolute Gasteiger partial charge is 0.329 e. The third-order valence-corrected chi connectivity index (χ3v) is 5.16. The van der Waals surface area contributed by atoms with Crippen molar-refractivity contribution in [1.29, 1.82) is 0 Å². The minimum atomic E-state index is -0.936. The molecule has 1 atom stereocenters. The summed E-state index contributed by atoms with van der Waals surface area (Å²) in [5.41, 5.74) is 3.53. The number of benzene rings is 2. The average molecular weight is 434 g/mol. The molecule has 4 N–H and O–H groups in total. The van der Waals surface area contributed by atoms with Gasteiger partial charge in [-0.3, -0.25) is 18.9 Å². The minimum absolute atomic E-state index is 0.00468. The molecule has 4 rings (SSSR count). The monoisotopic (exact) mass is 434 g/mol. The fraction of sp³-hybridized carbons (Fsp3) is 0.182. The van der Waals surface area contributed by atoms with Crippen molar-refractivity contribution in [2.75, 3.05) is 5.43 Å². The summed E-state index contributed by atoms with van der Waals surface area (Å²) < 4.78 is 2.69. The second-order valence-corrected chi connectivity index (χ2v) is 7.29. The van der Waals surface area contributed by atoms with Crippen LogP contribution in [0.3, 0.4) is 0 Å². The zero-order valence-electron chi connectivity index (χ0n) is 17.5. The normalized spacial score (nSPS) is 12.8. The van der Waals surface area contributed by atoms with Gasteiger partial charge in [-0.2, -0.15) is 10.1 Å². The molecule has 2 aromatic heterocycles. The van der Waals surface area contributed by atoms with Crippen LogP contribution in [0.5, 0.6) is 5.75 Å². The Morgan fingerprint density at radius 3 is 2.56 bits per heavy atom. The molecule has 0 bridgehead atoms. The maximum atomic E-state index is 12.6. The maximum absolute atomic E-state index is 12.6. The molecule has 2 heterocycles. The van der Waals surface area contributed by atoms with Crippen molar-refractivity contribution in [3.05, 3.63) is 86.6 Å². The largest absolute Gasteiger partial charge is 0.507 e. The molecule has 0 saturated carbocycles. The van der Waals surface area contributed by atoms with Gasteiger partial charge in [0.05, 0.1) is 18.4 Å². The standard InChI is InChI=1S/C22H22N6O4/c1-13(15-10-6-7-11-16(15)29)25-26-21-23-19-18(20(31)24-22(32)27(19)2)28(21)12-17(30)14-8-4-3-5-9-14/h3-11,17,29-30H,12H2,1-2H3,(H,23,26)(H,24,31,32)/b25-13-/t17-/m0/s1. The number of aromatic amines is 1. The number of rotatable bonds is 6. The van der Waals surface area contributed by atoms with Gasteiger partial charge in [-0.15, -0.1) is 0 Å². The molecule has 4 aromatic rings.